The Balaban J connectivity index is 2.62. The summed E-state index contributed by atoms with van der Waals surface area (Å²) >= 11 is 1.53. The average molecular weight is 229 g/mol. The van der Waals surface area contributed by atoms with Gasteiger partial charge in [0.25, 0.3) is 0 Å². The van der Waals surface area contributed by atoms with Crippen LogP contribution in [0.1, 0.15) is 13.8 Å². The van der Waals surface area contributed by atoms with Gasteiger partial charge in [0.15, 0.2) is 5.13 Å². The fraction of sp³-hybridized carbons (Fsp3) is 0.700. The Morgan fingerprint density at radius 3 is 2.80 bits per heavy atom. The maximum atomic E-state index is 5.67. The zero-order valence-electron chi connectivity index (χ0n) is 9.56. The van der Waals surface area contributed by atoms with Crippen molar-refractivity contribution in [2.24, 2.45) is 5.92 Å². The smallest absolute Gasteiger partial charge is 0.187 e. The Morgan fingerprint density at radius 2 is 2.33 bits per heavy atom. The van der Waals surface area contributed by atoms with Crippen molar-refractivity contribution in [1.82, 2.24) is 4.98 Å². The van der Waals surface area contributed by atoms with Gasteiger partial charge in [0.2, 0.25) is 0 Å². The Kier molecular flexibility index (Phi) is 4.84. The molecule has 15 heavy (non-hydrogen) atoms. The fourth-order valence-corrected chi connectivity index (χ4v) is 2.05. The minimum atomic E-state index is 0.604. The van der Waals surface area contributed by atoms with Gasteiger partial charge in [-0.05, 0) is 5.92 Å². The second kappa shape index (κ2) is 5.92. The standard InChI is InChI=1S/C10H19N3OS/c1-8(2)7-13(4-5-14-3)10-12-6-9(11)15-10/h6,8H,4-5,7,11H2,1-3H3. The molecule has 0 aliphatic rings. The predicted molar refractivity (Wildman–Crippen MR) is 65.5 cm³/mol. The maximum absolute atomic E-state index is 5.67. The van der Waals surface area contributed by atoms with E-state index in [1.54, 1.807) is 13.3 Å². The molecule has 0 unspecified atom stereocenters. The number of thiazole rings is 1. The van der Waals surface area contributed by atoms with Crippen molar-refractivity contribution < 1.29 is 4.74 Å². The first-order valence-corrected chi connectivity index (χ1v) is 5.90. The minimum absolute atomic E-state index is 0.604. The highest BCUT2D eigenvalue weighted by atomic mass is 32.1. The molecule has 0 radical (unpaired) electrons. The molecule has 0 atom stereocenters. The summed E-state index contributed by atoms with van der Waals surface area (Å²) in [6.07, 6.45) is 1.71. The molecule has 0 fully saturated rings. The maximum Gasteiger partial charge on any atom is 0.187 e. The highest BCUT2D eigenvalue weighted by molar-refractivity contribution is 7.19. The first-order chi connectivity index (χ1) is 7.13. The van der Waals surface area contributed by atoms with Crippen molar-refractivity contribution in [2.45, 2.75) is 13.8 Å². The third kappa shape index (κ3) is 4.05. The third-order valence-corrected chi connectivity index (χ3v) is 2.82. The number of rotatable bonds is 6. The normalized spacial score (nSPS) is 10.9. The summed E-state index contributed by atoms with van der Waals surface area (Å²) < 4.78 is 5.09. The molecule has 0 saturated carbocycles. The number of nitrogens with zero attached hydrogens (tertiary/aromatic N) is 2. The van der Waals surface area contributed by atoms with Gasteiger partial charge in [-0.1, -0.05) is 25.2 Å². The van der Waals surface area contributed by atoms with E-state index in [0.717, 1.165) is 23.2 Å². The van der Waals surface area contributed by atoms with Crippen molar-refractivity contribution >= 4 is 21.5 Å². The van der Waals surface area contributed by atoms with E-state index in [0.29, 0.717) is 12.5 Å². The van der Waals surface area contributed by atoms with Crippen LogP contribution in [0.25, 0.3) is 0 Å². The van der Waals surface area contributed by atoms with Gasteiger partial charge in [-0.2, -0.15) is 0 Å². The lowest BCUT2D eigenvalue weighted by molar-refractivity contribution is 0.204. The third-order valence-electron chi connectivity index (χ3n) is 1.93. The summed E-state index contributed by atoms with van der Waals surface area (Å²) in [5.41, 5.74) is 5.67. The highest BCUT2D eigenvalue weighted by Crippen LogP contribution is 2.24. The molecular formula is C10H19N3OS. The summed E-state index contributed by atoms with van der Waals surface area (Å²) in [7, 11) is 1.71. The molecule has 0 amide bonds. The predicted octanol–water partition coefficient (Wildman–Crippen LogP) is 1.83. The largest absolute Gasteiger partial charge is 0.389 e. The minimum Gasteiger partial charge on any atom is -0.389 e. The van der Waals surface area contributed by atoms with E-state index in [1.165, 1.54) is 11.3 Å². The van der Waals surface area contributed by atoms with Crippen molar-refractivity contribution in [1.29, 1.82) is 0 Å². The quantitative estimate of drug-likeness (QED) is 0.808. The van der Waals surface area contributed by atoms with Gasteiger partial charge in [0, 0.05) is 20.2 Å². The number of methoxy groups -OCH3 is 1. The molecule has 1 aromatic rings. The van der Waals surface area contributed by atoms with E-state index < -0.39 is 0 Å². The molecule has 1 rings (SSSR count). The van der Waals surface area contributed by atoms with Crippen LogP contribution in [0.5, 0.6) is 0 Å². The molecule has 1 heterocycles. The topological polar surface area (TPSA) is 51.4 Å². The number of aromatic nitrogens is 1. The van der Waals surface area contributed by atoms with E-state index >= 15 is 0 Å². The van der Waals surface area contributed by atoms with E-state index in [1.807, 2.05) is 0 Å². The van der Waals surface area contributed by atoms with Crippen LogP contribution >= 0.6 is 11.3 Å². The van der Waals surface area contributed by atoms with Crippen molar-refractivity contribution in [3.63, 3.8) is 0 Å². The molecule has 5 heteroatoms. The lowest BCUT2D eigenvalue weighted by Crippen LogP contribution is -2.30. The first kappa shape index (κ1) is 12.3. The summed E-state index contributed by atoms with van der Waals surface area (Å²) in [5.74, 6) is 0.604. The Bertz CT molecular complexity index is 288. The van der Waals surface area contributed by atoms with Gasteiger partial charge >= 0.3 is 0 Å². The highest BCUT2D eigenvalue weighted by Gasteiger charge is 2.11. The van der Waals surface area contributed by atoms with Crippen LogP contribution in [0.2, 0.25) is 0 Å². The molecule has 0 saturated heterocycles. The van der Waals surface area contributed by atoms with Crippen LogP contribution in [-0.2, 0) is 4.74 Å². The lowest BCUT2D eigenvalue weighted by Gasteiger charge is -2.23. The van der Waals surface area contributed by atoms with Crippen LogP contribution in [0.3, 0.4) is 0 Å². The van der Waals surface area contributed by atoms with Crippen LogP contribution < -0.4 is 10.6 Å². The molecular weight excluding hydrogens is 210 g/mol. The fourth-order valence-electron chi connectivity index (χ4n) is 1.33. The zero-order valence-corrected chi connectivity index (χ0v) is 10.4. The summed E-state index contributed by atoms with van der Waals surface area (Å²) in [5, 5.41) is 1.74. The molecule has 2 N–H and O–H groups in total. The summed E-state index contributed by atoms with van der Waals surface area (Å²) in [6, 6.07) is 0. The first-order valence-electron chi connectivity index (χ1n) is 5.08. The van der Waals surface area contributed by atoms with E-state index in [-0.39, 0.29) is 0 Å². The van der Waals surface area contributed by atoms with Gasteiger partial charge in [-0.15, -0.1) is 0 Å². The molecule has 0 aromatic carbocycles. The van der Waals surface area contributed by atoms with Gasteiger partial charge in [-0.25, -0.2) is 4.98 Å². The molecule has 0 bridgehead atoms. The van der Waals surface area contributed by atoms with Gasteiger partial charge in [-0.3, -0.25) is 0 Å². The second-order valence-corrected chi connectivity index (χ2v) is 4.92. The van der Waals surface area contributed by atoms with E-state index in [2.05, 4.69) is 23.7 Å². The van der Waals surface area contributed by atoms with Gasteiger partial charge in [0.1, 0.15) is 5.00 Å². The molecule has 86 valence electrons. The Hall–Kier alpha value is -0.810. The van der Waals surface area contributed by atoms with Crippen molar-refractivity contribution in [3.05, 3.63) is 6.20 Å². The Labute approximate surface area is 95.1 Å². The van der Waals surface area contributed by atoms with Crippen LogP contribution in [0.15, 0.2) is 6.20 Å². The van der Waals surface area contributed by atoms with Crippen LogP contribution in [-0.4, -0.2) is 31.8 Å². The number of ether oxygens (including phenoxy) is 1. The molecule has 4 nitrogen and oxygen atoms in total. The average Bonchev–Trinajstić information content (AvgIpc) is 2.58. The SMILES string of the molecule is COCCN(CC(C)C)c1ncc(N)s1. The number of hydrogen-bond donors (Lipinski definition) is 1. The van der Waals surface area contributed by atoms with Crippen molar-refractivity contribution in [3.8, 4) is 0 Å². The second-order valence-electron chi connectivity index (χ2n) is 3.88. The number of hydrogen-bond acceptors (Lipinski definition) is 5. The van der Waals surface area contributed by atoms with E-state index in [4.69, 9.17) is 10.5 Å². The monoisotopic (exact) mass is 229 g/mol. The summed E-state index contributed by atoms with van der Waals surface area (Å²) in [6.45, 7) is 6.94. The molecule has 0 aliphatic carbocycles. The molecule has 1 aromatic heterocycles. The molecule has 0 aliphatic heterocycles. The van der Waals surface area contributed by atoms with Crippen molar-refractivity contribution in [2.75, 3.05) is 37.4 Å². The number of nitrogen functional groups attached to an aromatic ring is 1. The van der Waals surface area contributed by atoms with Crippen LogP contribution in [0.4, 0.5) is 10.1 Å². The molecule has 0 spiro atoms. The van der Waals surface area contributed by atoms with Gasteiger partial charge < -0.3 is 15.4 Å². The van der Waals surface area contributed by atoms with E-state index in [9.17, 15) is 0 Å². The lowest BCUT2D eigenvalue weighted by atomic mass is 10.2. The van der Waals surface area contributed by atoms with Crippen LogP contribution in [0, 0.1) is 5.92 Å². The number of nitrogens with two attached hydrogens (primary N) is 1. The zero-order chi connectivity index (χ0) is 11.3. The summed E-state index contributed by atoms with van der Waals surface area (Å²) in [4.78, 5) is 6.50. The number of anilines is 2. The van der Waals surface area contributed by atoms with Gasteiger partial charge in [0.05, 0.1) is 12.8 Å². The Morgan fingerprint density at radius 1 is 1.60 bits per heavy atom.